The minimum Gasteiger partial charge on any atom is -0.481 e. The monoisotopic (exact) mass is 480 g/mol. The highest BCUT2D eigenvalue weighted by atomic mass is 32.2. The van der Waals surface area contributed by atoms with Gasteiger partial charge in [0.1, 0.15) is 12.4 Å². The molecule has 0 saturated carbocycles. The third-order valence-corrected chi connectivity index (χ3v) is 8.60. The molecule has 9 nitrogen and oxygen atoms in total. The zero-order chi connectivity index (χ0) is 23.7. The Morgan fingerprint density at radius 3 is 2.61 bits per heavy atom. The maximum atomic E-state index is 13.8. The van der Waals surface area contributed by atoms with Crippen molar-refractivity contribution in [1.82, 2.24) is 10.4 Å². The average Bonchev–Trinajstić information content (AvgIpc) is 2.85. The highest BCUT2D eigenvalue weighted by Crippen LogP contribution is 2.36. The zero-order valence-corrected chi connectivity index (χ0v) is 19.8. The first-order valence-corrected chi connectivity index (χ1v) is 12.6. The summed E-state index contributed by atoms with van der Waals surface area (Å²) in [4.78, 5) is 20.9. The summed E-state index contributed by atoms with van der Waals surface area (Å²) in [6, 6.07) is 5.96. The molecule has 10 heteroatoms. The lowest BCUT2D eigenvalue weighted by atomic mass is 9.95. The van der Waals surface area contributed by atoms with Crippen molar-refractivity contribution < 1.29 is 32.3 Å². The van der Waals surface area contributed by atoms with Crippen LogP contribution in [0.4, 0.5) is 0 Å². The average molecular weight is 481 g/mol. The number of piperidine rings is 1. The molecule has 1 aromatic carbocycles. The maximum Gasteiger partial charge on any atom is 0.265 e. The lowest BCUT2D eigenvalue weighted by molar-refractivity contribution is -0.202. The topological polar surface area (TPSA) is 103 Å². The van der Waals surface area contributed by atoms with Crippen LogP contribution in [0.5, 0.6) is 5.75 Å². The van der Waals surface area contributed by atoms with Crippen molar-refractivity contribution >= 4 is 15.7 Å². The van der Waals surface area contributed by atoms with E-state index < -0.39 is 26.8 Å². The third kappa shape index (κ3) is 6.05. The molecule has 0 bridgehead atoms. The van der Waals surface area contributed by atoms with Gasteiger partial charge in [0.05, 0.1) is 11.5 Å². The van der Waals surface area contributed by atoms with Gasteiger partial charge >= 0.3 is 0 Å². The quantitative estimate of drug-likeness (QED) is 0.397. The molecule has 2 aliphatic heterocycles. The Bertz CT molecular complexity index is 913. The molecule has 3 rings (SSSR count). The van der Waals surface area contributed by atoms with Crippen molar-refractivity contribution in [2.75, 3.05) is 46.6 Å². The van der Waals surface area contributed by atoms with Crippen molar-refractivity contribution in [3.05, 3.63) is 24.3 Å². The normalized spacial score (nSPS) is 21.2. The van der Waals surface area contributed by atoms with Gasteiger partial charge in [-0.1, -0.05) is 5.92 Å². The first kappa shape index (κ1) is 25.5. The lowest BCUT2D eigenvalue weighted by Crippen LogP contribution is -2.58. The standard InChI is InChI=1S/C23H32N2O7S/c1-3-16-30-19-7-9-20(10-8-19)33(27,28)23(11-13-25(14-12-23)15-18-29-2)22(26)24-32-21-6-4-5-17-31-21/h1,7-10,21H,4-6,11-18H2,2H3,(H,24,26). The minimum absolute atomic E-state index is 0.0463. The predicted octanol–water partition coefficient (Wildman–Crippen LogP) is 1.53. The third-order valence-electron chi connectivity index (χ3n) is 6.08. The summed E-state index contributed by atoms with van der Waals surface area (Å²) in [5, 5.41) is 0. The van der Waals surface area contributed by atoms with Crippen LogP contribution in [0.15, 0.2) is 29.2 Å². The fourth-order valence-corrected chi connectivity index (χ4v) is 6.01. The summed E-state index contributed by atoms with van der Waals surface area (Å²) in [7, 11) is -2.42. The summed E-state index contributed by atoms with van der Waals surface area (Å²) >= 11 is 0. The number of carbonyl (C=O) groups excluding carboxylic acids is 1. The van der Waals surface area contributed by atoms with E-state index in [9.17, 15) is 13.2 Å². The Kier molecular flexibility index (Phi) is 9.11. The number of nitrogens with one attached hydrogen (secondary N) is 1. The number of nitrogens with zero attached hydrogens (tertiary/aromatic N) is 1. The van der Waals surface area contributed by atoms with Crippen molar-refractivity contribution in [2.45, 2.75) is 48.0 Å². The second-order valence-corrected chi connectivity index (χ2v) is 10.4. The fourth-order valence-electron chi connectivity index (χ4n) is 4.06. The summed E-state index contributed by atoms with van der Waals surface area (Å²) in [6.45, 7) is 2.72. The van der Waals surface area contributed by atoms with Crippen LogP contribution in [0.3, 0.4) is 0 Å². The van der Waals surface area contributed by atoms with E-state index in [4.69, 9.17) is 25.5 Å². The number of likely N-dealkylation sites (tertiary alicyclic amines) is 1. The van der Waals surface area contributed by atoms with Crippen LogP contribution in [0, 0.1) is 12.3 Å². The molecule has 0 aliphatic carbocycles. The second kappa shape index (κ2) is 11.8. The minimum atomic E-state index is -4.04. The van der Waals surface area contributed by atoms with Gasteiger partial charge in [0.25, 0.3) is 5.91 Å². The number of methoxy groups -OCH3 is 1. The Hall–Kier alpha value is -2.16. The number of terminal acetylenes is 1. The van der Waals surface area contributed by atoms with E-state index in [-0.39, 0.29) is 24.3 Å². The molecule has 1 aromatic rings. The summed E-state index contributed by atoms with van der Waals surface area (Å²) in [5.41, 5.74) is 2.40. The van der Waals surface area contributed by atoms with Crippen LogP contribution in [-0.2, 0) is 28.9 Å². The second-order valence-electron chi connectivity index (χ2n) is 8.14. The van der Waals surface area contributed by atoms with Gasteiger partial charge in [-0.2, -0.15) is 0 Å². The molecular weight excluding hydrogens is 448 g/mol. The largest absolute Gasteiger partial charge is 0.481 e. The molecule has 1 N–H and O–H groups in total. The summed E-state index contributed by atoms with van der Waals surface area (Å²) in [6.07, 6.45) is 7.40. The van der Waals surface area contributed by atoms with Crippen molar-refractivity contribution in [2.24, 2.45) is 0 Å². The van der Waals surface area contributed by atoms with Crippen LogP contribution in [0.25, 0.3) is 0 Å². The summed E-state index contributed by atoms with van der Waals surface area (Å²) < 4.78 is 41.9. The van der Waals surface area contributed by atoms with Gasteiger partial charge in [-0.25, -0.2) is 18.7 Å². The fraction of sp³-hybridized carbons (Fsp3) is 0.609. The first-order chi connectivity index (χ1) is 15.9. The number of ether oxygens (including phenoxy) is 3. The Labute approximate surface area is 195 Å². The van der Waals surface area contributed by atoms with Crippen LogP contribution in [0.2, 0.25) is 0 Å². The van der Waals surface area contributed by atoms with E-state index in [0.717, 1.165) is 12.8 Å². The van der Waals surface area contributed by atoms with Crippen molar-refractivity contribution in [1.29, 1.82) is 0 Å². The SMILES string of the molecule is C#CCOc1ccc(S(=O)(=O)C2(C(=O)NOC3CCCCO3)CCN(CCOC)CC2)cc1. The molecule has 2 fully saturated rings. The highest BCUT2D eigenvalue weighted by molar-refractivity contribution is 7.93. The van der Waals surface area contributed by atoms with Gasteiger partial charge in [0.2, 0.25) is 0 Å². The van der Waals surface area contributed by atoms with Gasteiger partial charge in [-0.05, 0) is 49.9 Å². The smallest absolute Gasteiger partial charge is 0.265 e. The zero-order valence-electron chi connectivity index (χ0n) is 19.0. The van der Waals surface area contributed by atoms with Crippen LogP contribution >= 0.6 is 0 Å². The van der Waals surface area contributed by atoms with E-state index in [2.05, 4.69) is 16.3 Å². The molecule has 1 unspecified atom stereocenters. The molecule has 0 aromatic heterocycles. The molecule has 2 aliphatic rings. The number of hydroxylamine groups is 1. The molecule has 1 atom stereocenters. The maximum absolute atomic E-state index is 13.8. The molecule has 0 spiro atoms. The molecule has 2 heterocycles. The number of hydrogen-bond acceptors (Lipinski definition) is 8. The molecule has 33 heavy (non-hydrogen) atoms. The molecule has 1 amide bonds. The number of carbonyl (C=O) groups is 1. The van der Waals surface area contributed by atoms with Gasteiger partial charge in [0, 0.05) is 39.8 Å². The molecule has 0 radical (unpaired) electrons. The molecule has 182 valence electrons. The van der Waals surface area contributed by atoms with Gasteiger partial charge < -0.3 is 19.1 Å². The van der Waals surface area contributed by atoms with E-state index in [0.29, 0.717) is 45.0 Å². The van der Waals surface area contributed by atoms with Gasteiger partial charge in [-0.3, -0.25) is 4.79 Å². The summed E-state index contributed by atoms with van der Waals surface area (Å²) in [5.74, 6) is 2.15. The van der Waals surface area contributed by atoms with Gasteiger partial charge in [-0.15, -0.1) is 6.42 Å². The number of hydrogen-bond donors (Lipinski definition) is 1. The van der Waals surface area contributed by atoms with E-state index in [1.165, 1.54) is 24.3 Å². The van der Waals surface area contributed by atoms with Crippen LogP contribution in [-0.4, -0.2) is 76.8 Å². The van der Waals surface area contributed by atoms with Crippen molar-refractivity contribution in [3.8, 4) is 18.1 Å². The Balaban J connectivity index is 1.81. The van der Waals surface area contributed by atoms with E-state index >= 15 is 0 Å². The highest BCUT2D eigenvalue weighted by Gasteiger charge is 2.53. The molecule has 2 saturated heterocycles. The molecular formula is C23H32N2O7S. The number of sulfone groups is 1. The lowest BCUT2D eigenvalue weighted by Gasteiger charge is -2.40. The number of benzene rings is 1. The Morgan fingerprint density at radius 1 is 1.27 bits per heavy atom. The Morgan fingerprint density at radius 2 is 2.00 bits per heavy atom. The van der Waals surface area contributed by atoms with Crippen LogP contribution in [0.1, 0.15) is 32.1 Å². The van der Waals surface area contributed by atoms with E-state index in [1.807, 2.05) is 0 Å². The number of amides is 1. The van der Waals surface area contributed by atoms with Gasteiger partial charge in [0.15, 0.2) is 20.9 Å². The first-order valence-electron chi connectivity index (χ1n) is 11.1. The van der Waals surface area contributed by atoms with Crippen LogP contribution < -0.4 is 10.2 Å². The van der Waals surface area contributed by atoms with Crippen molar-refractivity contribution in [3.63, 3.8) is 0 Å². The predicted molar refractivity (Wildman–Crippen MR) is 121 cm³/mol. The number of rotatable bonds is 10. The van der Waals surface area contributed by atoms with E-state index in [1.54, 1.807) is 7.11 Å².